The normalized spacial score (nSPS) is 10.7. The summed E-state index contributed by atoms with van der Waals surface area (Å²) in [7, 11) is 4.66. The number of methoxy groups -OCH3 is 3. The van der Waals surface area contributed by atoms with E-state index in [1.165, 1.54) is 13.2 Å². The average Bonchev–Trinajstić information content (AvgIpc) is 3.23. The fraction of sp³-hybridized carbons (Fsp3) is 0.174. The van der Waals surface area contributed by atoms with Crippen LogP contribution < -0.4 is 18.9 Å². The summed E-state index contributed by atoms with van der Waals surface area (Å²) in [5.74, 6) is 3.37. The minimum Gasteiger partial charge on any atom is -0.493 e. The van der Waals surface area contributed by atoms with Crippen LogP contribution in [0.2, 0.25) is 0 Å². The van der Waals surface area contributed by atoms with Gasteiger partial charge in [0.25, 0.3) is 0 Å². The Morgan fingerprint density at radius 1 is 0.862 bits per heavy atom. The van der Waals surface area contributed by atoms with Gasteiger partial charge in [-0.15, -0.1) is 0 Å². The van der Waals surface area contributed by atoms with Crippen molar-refractivity contribution in [1.29, 1.82) is 0 Å². The molecule has 0 saturated heterocycles. The van der Waals surface area contributed by atoms with Crippen LogP contribution in [0, 0.1) is 0 Å². The van der Waals surface area contributed by atoms with Crippen LogP contribution in [-0.2, 0) is 6.61 Å². The summed E-state index contributed by atoms with van der Waals surface area (Å²) in [5.41, 5.74) is 0.491. The number of furan rings is 1. The number of hydrogen-bond donors (Lipinski definition) is 0. The Morgan fingerprint density at radius 3 is 2.28 bits per heavy atom. The highest BCUT2D eigenvalue weighted by Gasteiger charge is 2.09. The Balaban J connectivity index is 1.63. The number of ether oxygens (including phenoxy) is 4. The lowest BCUT2D eigenvalue weighted by Crippen LogP contribution is -1.97. The SMILES string of the molecule is COc1ccc(C(=O)/C=C/c2ccc(COc3ccccc3OC)o2)cc1OC. The molecular formula is C23H22O6. The number of para-hydroxylation sites is 2. The molecule has 6 nitrogen and oxygen atoms in total. The topological polar surface area (TPSA) is 67.1 Å². The van der Waals surface area contributed by atoms with Gasteiger partial charge in [-0.25, -0.2) is 0 Å². The van der Waals surface area contributed by atoms with E-state index in [4.69, 9.17) is 23.4 Å². The summed E-state index contributed by atoms with van der Waals surface area (Å²) in [6.45, 7) is 0.248. The summed E-state index contributed by atoms with van der Waals surface area (Å²) in [4.78, 5) is 12.4. The van der Waals surface area contributed by atoms with E-state index >= 15 is 0 Å². The van der Waals surface area contributed by atoms with Gasteiger partial charge < -0.3 is 23.4 Å². The molecule has 0 N–H and O–H groups in total. The number of ketones is 1. The number of allylic oxidation sites excluding steroid dienone is 1. The van der Waals surface area contributed by atoms with Crippen LogP contribution in [0.5, 0.6) is 23.0 Å². The molecule has 0 spiro atoms. The maximum Gasteiger partial charge on any atom is 0.186 e. The highest BCUT2D eigenvalue weighted by atomic mass is 16.5. The molecule has 0 aliphatic heterocycles. The molecule has 0 aliphatic rings. The van der Waals surface area contributed by atoms with Crippen molar-refractivity contribution >= 4 is 11.9 Å². The number of carbonyl (C=O) groups excluding carboxylic acids is 1. The molecule has 0 saturated carbocycles. The van der Waals surface area contributed by atoms with Crippen LogP contribution in [0.25, 0.3) is 6.08 Å². The first-order chi connectivity index (χ1) is 14.1. The molecule has 3 aromatic rings. The van der Waals surface area contributed by atoms with Crippen molar-refractivity contribution in [2.45, 2.75) is 6.61 Å². The molecule has 150 valence electrons. The zero-order valence-corrected chi connectivity index (χ0v) is 16.5. The van der Waals surface area contributed by atoms with E-state index in [1.807, 2.05) is 24.3 Å². The van der Waals surface area contributed by atoms with Crippen LogP contribution >= 0.6 is 0 Å². The first kappa shape index (κ1) is 20.1. The average molecular weight is 394 g/mol. The highest BCUT2D eigenvalue weighted by Crippen LogP contribution is 2.28. The minimum atomic E-state index is -0.172. The molecule has 2 aromatic carbocycles. The number of rotatable bonds is 9. The second-order valence-corrected chi connectivity index (χ2v) is 6.01. The molecule has 1 heterocycles. The van der Waals surface area contributed by atoms with Crippen molar-refractivity contribution in [2.24, 2.45) is 0 Å². The fourth-order valence-corrected chi connectivity index (χ4v) is 2.69. The van der Waals surface area contributed by atoms with Crippen molar-refractivity contribution < 1.29 is 28.2 Å². The van der Waals surface area contributed by atoms with Gasteiger partial charge in [-0.3, -0.25) is 4.79 Å². The first-order valence-electron chi connectivity index (χ1n) is 8.93. The second-order valence-electron chi connectivity index (χ2n) is 6.01. The largest absolute Gasteiger partial charge is 0.493 e. The first-order valence-corrected chi connectivity index (χ1v) is 8.93. The van der Waals surface area contributed by atoms with E-state index < -0.39 is 0 Å². The molecule has 0 aliphatic carbocycles. The minimum absolute atomic E-state index is 0.172. The Hall–Kier alpha value is -3.67. The zero-order chi connectivity index (χ0) is 20.6. The lowest BCUT2D eigenvalue weighted by atomic mass is 10.1. The lowest BCUT2D eigenvalue weighted by Gasteiger charge is -2.08. The summed E-state index contributed by atoms with van der Waals surface area (Å²) in [6, 6.07) is 16.0. The van der Waals surface area contributed by atoms with E-state index in [0.717, 1.165) is 0 Å². The second kappa shape index (κ2) is 9.50. The third-order valence-electron chi connectivity index (χ3n) is 4.19. The molecule has 0 bridgehead atoms. The lowest BCUT2D eigenvalue weighted by molar-refractivity contribution is 0.104. The van der Waals surface area contributed by atoms with Gasteiger partial charge in [0.1, 0.15) is 18.1 Å². The van der Waals surface area contributed by atoms with E-state index in [1.54, 1.807) is 50.6 Å². The van der Waals surface area contributed by atoms with Crippen molar-refractivity contribution in [2.75, 3.05) is 21.3 Å². The molecule has 0 unspecified atom stereocenters. The number of hydrogen-bond acceptors (Lipinski definition) is 6. The van der Waals surface area contributed by atoms with Gasteiger partial charge in [0, 0.05) is 5.56 Å². The molecule has 0 amide bonds. The third-order valence-corrected chi connectivity index (χ3v) is 4.19. The summed E-state index contributed by atoms with van der Waals surface area (Å²) < 4.78 is 27.1. The monoisotopic (exact) mass is 394 g/mol. The van der Waals surface area contributed by atoms with E-state index in [-0.39, 0.29) is 12.4 Å². The van der Waals surface area contributed by atoms with Crippen molar-refractivity contribution in [1.82, 2.24) is 0 Å². The number of carbonyl (C=O) groups is 1. The summed E-state index contributed by atoms with van der Waals surface area (Å²) >= 11 is 0. The van der Waals surface area contributed by atoms with Crippen LogP contribution in [0.3, 0.4) is 0 Å². The van der Waals surface area contributed by atoms with Gasteiger partial charge in [0.2, 0.25) is 0 Å². The van der Waals surface area contributed by atoms with Crippen molar-refractivity contribution in [3.05, 3.63) is 77.8 Å². The molecular weight excluding hydrogens is 372 g/mol. The van der Waals surface area contributed by atoms with Gasteiger partial charge in [-0.2, -0.15) is 0 Å². The smallest absolute Gasteiger partial charge is 0.186 e. The van der Waals surface area contributed by atoms with Gasteiger partial charge in [0.15, 0.2) is 28.8 Å². The van der Waals surface area contributed by atoms with Gasteiger partial charge in [-0.1, -0.05) is 12.1 Å². The molecule has 3 rings (SSSR count). The fourth-order valence-electron chi connectivity index (χ4n) is 2.69. The van der Waals surface area contributed by atoms with Crippen molar-refractivity contribution in [3.8, 4) is 23.0 Å². The van der Waals surface area contributed by atoms with E-state index in [2.05, 4.69) is 0 Å². The Bertz CT molecular complexity index is 1000. The molecule has 1 aromatic heterocycles. The van der Waals surface area contributed by atoms with E-state index in [9.17, 15) is 4.79 Å². The Labute approximate surface area is 169 Å². The molecule has 0 radical (unpaired) electrons. The highest BCUT2D eigenvalue weighted by molar-refractivity contribution is 6.07. The van der Waals surface area contributed by atoms with Gasteiger partial charge in [0.05, 0.1) is 21.3 Å². The Morgan fingerprint density at radius 2 is 1.55 bits per heavy atom. The zero-order valence-electron chi connectivity index (χ0n) is 16.5. The van der Waals surface area contributed by atoms with Crippen LogP contribution in [-0.4, -0.2) is 27.1 Å². The standard InChI is InChI=1S/C23H22O6/c1-25-20-6-4-5-7-22(20)28-15-18-10-9-17(29-18)11-12-19(24)16-8-13-21(26-2)23(14-16)27-3/h4-14H,15H2,1-3H3/b12-11+. The Kier molecular flexibility index (Phi) is 6.58. The van der Waals surface area contributed by atoms with Gasteiger partial charge >= 0.3 is 0 Å². The van der Waals surface area contributed by atoms with Crippen LogP contribution in [0.15, 0.2) is 65.1 Å². The van der Waals surface area contributed by atoms with Crippen molar-refractivity contribution in [3.63, 3.8) is 0 Å². The summed E-state index contributed by atoms with van der Waals surface area (Å²) in [6.07, 6.45) is 3.07. The number of benzene rings is 2. The van der Waals surface area contributed by atoms with Gasteiger partial charge in [-0.05, 0) is 54.6 Å². The quantitative estimate of drug-likeness (QED) is 0.384. The maximum absolute atomic E-state index is 12.4. The molecule has 6 heteroatoms. The molecule has 29 heavy (non-hydrogen) atoms. The molecule has 0 fully saturated rings. The predicted octanol–water partition coefficient (Wildman–Crippen LogP) is 4.78. The van der Waals surface area contributed by atoms with E-state index in [0.29, 0.717) is 40.1 Å². The summed E-state index contributed by atoms with van der Waals surface area (Å²) in [5, 5.41) is 0. The molecule has 0 atom stereocenters. The van der Waals surface area contributed by atoms with Crippen LogP contribution in [0.4, 0.5) is 0 Å². The third kappa shape index (κ3) is 4.99. The predicted molar refractivity (Wildman–Crippen MR) is 109 cm³/mol. The maximum atomic E-state index is 12.4. The van der Waals surface area contributed by atoms with Crippen LogP contribution in [0.1, 0.15) is 21.9 Å².